The van der Waals surface area contributed by atoms with E-state index < -0.39 is 31.9 Å². The Kier molecular flexibility index (Phi) is 6.64. The molecule has 0 radical (unpaired) electrons. The van der Waals surface area contributed by atoms with Gasteiger partial charge in [-0.2, -0.15) is 4.39 Å². The van der Waals surface area contributed by atoms with Gasteiger partial charge in [0.05, 0.1) is 29.0 Å². The van der Waals surface area contributed by atoms with Gasteiger partial charge in [0.1, 0.15) is 11.3 Å². The molecule has 0 amide bonds. The molecule has 2 aromatic rings. The van der Waals surface area contributed by atoms with Crippen molar-refractivity contribution in [2.24, 2.45) is 0 Å². The van der Waals surface area contributed by atoms with E-state index in [0.29, 0.717) is 5.56 Å². The minimum Gasteiger partial charge on any atom is -0.495 e. The van der Waals surface area contributed by atoms with Crippen LogP contribution < -0.4 is 9.46 Å². The Labute approximate surface area is 179 Å². The molecule has 0 bridgehead atoms. The van der Waals surface area contributed by atoms with Gasteiger partial charge in [0.15, 0.2) is 0 Å². The largest absolute Gasteiger partial charge is 0.495 e. The summed E-state index contributed by atoms with van der Waals surface area (Å²) in [6.45, 7) is 5.44. The highest BCUT2D eigenvalue weighted by molar-refractivity contribution is 7.92. The zero-order chi connectivity index (χ0) is 22.9. The van der Waals surface area contributed by atoms with Crippen LogP contribution >= 0.6 is 11.6 Å². The average Bonchev–Trinajstić information content (AvgIpc) is 2.58. The summed E-state index contributed by atoms with van der Waals surface area (Å²) in [4.78, 5) is 10.5. The van der Waals surface area contributed by atoms with Crippen LogP contribution in [0.5, 0.6) is 5.75 Å². The van der Waals surface area contributed by atoms with E-state index in [1.807, 2.05) is 20.8 Å². The standard InChI is InChI=1S/C20H20ClFN2O5S/c1-20(2,3)15-11-17(24(25)26)18(22)14(19(15)29-4)9-7-12-6-8-13(10-16(12)21)23-30(5,27)28/h6,8,10-11,23H,1-5H3. The summed E-state index contributed by atoms with van der Waals surface area (Å²) < 4.78 is 45.1. The van der Waals surface area contributed by atoms with Crippen LogP contribution in [-0.2, 0) is 15.4 Å². The fourth-order valence-electron chi connectivity index (χ4n) is 2.67. The van der Waals surface area contributed by atoms with Crippen LogP contribution in [0.15, 0.2) is 24.3 Å². The number of nitro benzene ring substituents is 1. The lowest BCUT2D eigenvalue weighted by Gasteiger charge is -2.23. The van der Waals surface area contributed by atoms with E-state index in [1.54, 1.807) is 0 Å². The molecule has 0 aliphatic rings. The Morgan fingerprint density at radius 3 is 2.33 bits per heavy atom. The number of hydrogen-bond acceptors (Lipinski definition) is 5. The van der Waals surface area contributed by atoms with E-state index in [1.165, 1.54) is 25.3 Å². The second-order valence-corrected chi connectivity index (χ2v) is 9.65. The Bertz CT molecular complexity index is 1180. The third kappa shape index (κ3) is 5.40. The Balaban J connectivity index is 2.66. The maximum Gasteiger partial charge on any atom is 0.306 e. The lowest BCUT2D eigenvalue weighted by molar-refractivity contribution is -0.387. The van der Waals surface area contributed by atoms with Gasteiger partial charge >= 0.3 is 5.69 Å². The fraction of sp³-hybridized carbons (Fsp3) is 0.300. The molecular weight excluding hydrogens is 435 g/mol. The van der Waals surface area contributed by atoms with Crippen molar-refractivity contribution in [3.63, 3.8) is 0 Å². The number of nitro groups is 1. The fourth-order valence-corrected chi connectivity index (χ4v) is 3.45. The highest BCUT2D eigenvalue weighted by atomic mass is 35.5. The summed E-state index contributed by atoms with van der Waals surface area (Å²) in [5.74, 6) is 4.26. The smallest absolute Gasteiger partial charge is 0.306 e. The molecule has 0 saturated heterocycles. The zero-order valence-electron chi connectivity index (χ0n) is 17.0. The van der Waals surface area contributed by atoms with Crippen molar-refractivity contribution >= 4 is 33.0 Å². The van der Waals surface area contributed by atoms with Crippen LogP contribution in [-0.4, -0.2) is 26.7 Å². The predicted octanol–water partition coefficient (Wildman–Crippen LogP) is 4.46. The number of nitrogens with zero attached hydrogens (tertiary/aromatic N) is 1. The van der Waals surface area contributed by atoms with E-state index in [0.717, 1.165) is 12.3 Å². The first-order valence-electron chi connectivity index (χ1n) is 8.59. The second-order valence-electron chi connectivity index (χ2n) is 7.49. The Morgan fingerprint density at radius 1 is 1.23 bits per heavy atom. The summed E-state index contributed by atoms with van der Waals surface area (Å²) >= 11 is 6.15. The van der Waals surface area contributed by atoms with Crippen LogP contribution in [0.25, 0.3) is 0 Å². The molecule has 0 aliphatic carbocycles. The van der Waals surface area contributed by atoms with E-state index >= 15 is 0 Å². The molecule has 0 aromatic heterocycles. The highest BCUT2D eigenvalue weighted by Gasteiger charge is 2.30. The molecule has 0 atom stereocenters. The molecule has 0 aliphatic heterocycles. The molecule has 2 aromatic carbocycles. The highest BCUT2D eigenvalue weighted by Crippen LogP contribution is 2.39. The predicted molar refractivity (Wildman–Crippen MR) is 114 cm³/mol. The number of ether oxygens (including phenoxy) is 1. The number of nitrogens with one attached hydrogen (secondary N) is 1. The van der Waals surface area contributed by atoms with E-state index in [2.05, 4.69) is 16.6 Å². The third-order valence-corrected chi connectivity index (χ3v) is 4.92. The van der Waals surface area contributed by atoms with Crippen LogP contribution in [0.1, 0.15) is 37.5 Å². The SMILES string of the molecule is COc1c(C(C)(C)C)cc([N+](=O)[O-])c(F)c1C#Cc1ccc(NS(C)(=O)=O)cc1Cl. The number of hydrogen-bond donors (Lipinski definition) is 1. The molecule has 0 fully saturated rings. The summed E-state index contributed by atoms with van der Waals surface area (Å²) in [7, 11) is -2.15. The monoisotopic (exact) mass is 454 g/mol. The van der Waals surface area contributed by atoms with Crippen LogP contribution in [0.3, 0.4) is 0 Å². The molecule has 0 saturated carbocycles. The number of methoxy groups -OCH3 is 1. The van der Waals surface area contributed by atoms with Gasteiger partial charge in [0.2, 0.25) is 15.8 Å². The Hall–Kier alpha value is -2.83. The van der Waals surface area contributed by atoms with E-state index in [9.17, 15) is 22.9 Å². The first kappa shape index (κ1) is 23.4. The summed E-state index contributed by atoms with van der Waals surface area (Å²) in [6.07, 6.45) is 0.999. The maximum absolute atomic E-state index is 14.9. The summed E-state index contributed by atoms with van der Waals surface area (Å²) in [5.41, 5.74) is -0.587. The molecule has 2 rings (SSSR count). The second kappa shape index (κ2) is 8.50. The van der Waals surface area contributed by atoms with Crippen molar-refractivity contribution in [1.82, 2.24) is 0 Å². The van der Waals surface area contributed by atoms with Crippen LogP contribution in [0.4, 0.5) is 15.8 Å². The third-order valence-electron chi connectivity index (χ3n) is 4.00. The average molecular weight is 455 g/mol. The normalized spacial score (nSPS) is 11.4. The van der Waals surface area contributed by atoms with Gasteiger partial charge < -0.3 is 4.74 Å². The van der Waals surface area contributed by atoms with Gasteiger partial charge in [-0.25, -0.2) is 8.42 Å². The van der Waals surface area contributed by atoms with Gasteiger partial charge in [-0.3, -0.25) is 14.8 Å². The molecular formula is C20H20ClFN2O5S. The molecule has 1 N–H and O–H groups in total. The van der Waals surface area contributed by atoms with Gasteiger partial charge in [0, 0.05) is 17.2 Å². The summed E-state index contributed by atoms with van der Waals surface area (Å²) in [6, 6.07) is 5.40. The topological polar surface area (TPSA) is 98.5 Å². The first-order valence-corrected chi connectivity index (χ1v) is 10.9. The van der Waals surface area contributed by atoms with Crippen molar-refractivity contribution in [2.45, 2.75) is 26.2 Å². The van der Waals surface area contributed by atoms with Crippen LogP contribution in [0.2, 0.25) is 5.02 Å². The van der Waals surface area contributed by atoms with Crippen molar-refractivity contribution in [1.29, 1.82) is 0 Å². The molecule has 7 nitrogen and oxygen atoms in total. The lowest BCUT2D eigenvalue weighted by Crippen LogP contribution is -2.15. The van der Waals surface area contributed by atoms with Crippen molar-refractivity contribution < 1.29 is 22.5 Å². The van der Waals surface area contributed by atoms with Crippen LogP contribution in [0, 0.1) is 27.8 Å². The number of rotatable bonds is 4. The quantitative estimate of drug-likeness (QED) is 0.417. The molecule has 0 spiro atoms. The lowest BCUT2D eigenvalue weighted by atomic mass is 9.84. The summed E-state index contributed by atoms with van der Waals surface area (Å²) in [5, 5.41) is 11.5. The Morgan fingerprint density at radius 2 is 1.87 bits per heavy atom. The van der Waals surface area contributed by atoms with E-state index in [-0.39, 0.29) is 27.6 Å². The van der Waals surface area contributed by atoms with Gasteiger partial charge in [-0.15, -0.1) is 0 Å². The minimum absolute atomic E-state index is 0.101. The molecule has 30 heavy (non-hydrogen) atoms. The van der Waals surface area contributed by atoms with E-state index in [4.69, 9.17) is 16.3 Å². The minimum atomic E-state index is -3.48. The number of sulfonamides is 1. The number of anilines is 1. The molecule has 0 unspecified atom stereocenters. The van der Waals surface area contributed by atoms with Crippen molar-refractivity contribution in [3.8, 4) is 17.6 Å². The van der Waals surface area contributed by atoms with Gasteiger partial charge in [-0.1, -0.05) is 44.2 Å². The number of benzene rings is 2. The zero-order valence-corrected chi connectivity index (χ0v) is 18.5. The van der Waals surface area contributed by atoms with Crippen molar-refractivity contribution in [3.05, 3.63) is 61.9 Å². The van der Waals surface area contributed by atoms with Crippen molar-refractivity contribution in [2.75, 3.05) is 18.1 Å². The molecule has 160 valence electrons. The first-order chi connectivity index (χ1) is 13.7. The van der Waals surface area contributed by atoms with Gasteiger partial charge in [0.25, 0.3) is 0 Å². The molecule has 10 heteroatoms. The number of halogens is 2. The maximum atomic E-state index is 14.9. The molecule has 0 heterocycles. The van der Waals surface area contributed by atoms with Gasteiger partial charge in [-0.05, 0) is 23.6 Å².